The quantitative estimate of drug-likeness (QED) is 0.627. The maximum atomic E-state index is 10.1. The van der Waals surface area contributed by atoms with Crippen LogP contribution in [0, 0.1) is 10.4 Å². The van der Waals surface area contributed by atoms with Gasteiger partial charge in [-0.2, -0.15) is 0 Å². The number of hydrogen-bond acceptors (Lipinski definition) is 2. The summed E-state index contributed by atoms with van der Waals surface area (Å²) in [7, 11) is 0. The molecule has 1 rings (SSSR count). The number of pyridine rings is 1. The summed E-state index contributed by atoms with van der Waals surface area (Å²) in [5.41, 5.74) is -0.0109. The van der Waals surface area contributed by atoms with Crippen molar-refractivity contribution in [1.82, 2.24) is 9.89 Å². The largest absolute Gasteiger partial charge is 0.712 e. The van der Waals surface area contributed by atoms with Crippen molar-refractivity contribution >= 4 is 15.9 Å². The van der Waals surface area contributed by atoms with E-state index in [1.54, 1.807) is 6.07 Å². The molecule has 0 unspecified atom stereocenters. The van der Waals surface area contributed by atoms with Crippen LogP contribution in [0.2, 0.25) is 0 Å². The van der Waals surface area contributed by atoms with E-state index in [0.29, 0.717) is 0 Å². The summed E-state index contributed by atoms with van der Waals surface area (Å²) in [4.78, 5) is 2.01. The minimum atomic E-state index is -0.480. The molecule has 5 heteroatoms. The third-order valence-electron chi connectivity index (χ3n) is 0.955. The lowest BCUT2D eigenvalue weighted by Crippen LogP contribution is -2.20. The fourth-order valence-electron chi connectivity index (χ4n) is 0.511. The van der Waals surface area contributed by atoms with Crippen LogP contribution in [0.4, 0.5) is 0 Å². The number of halogens is 1. The molecule has 0 amide bonds. The first-order valence-electron chi connectivity index (χ1n) is 2.52. The molecule has 1 N–H and O–H groups in total. The molecule has 4 nitrogen and oxygen atoms in total. The highest BCUT2D eigenvalue weighted by Gasteiger charge is 1.86. The molecule has 1 heterocycles. The minimum Gasteiger partial charge on any atom is -0.712 e. The van der Waals surface area contributed by atoms with E-state index < -0.39 is 4.90 Å². The average molecular weight is 204 g/mol. The van der Waals surface area contributed by atoms with Crippen molar-refractivity contribution in [2.45, 2.75) is 0 Å². The van der Waals surface area contributed by atoms with Crippen LogP contribution in [0.3, 0.4) is 0 Å². The molecular formula is C5H4BrN2O2-. The van der Waals surface area contributed by atoms with Gasteiger partial charge < -0.3 is 10.4 Å². The number of rotatable bonds is 0. The molecule has 0 atom stereocenters. The van der Waals surface area contributed by atoms with E-state index in [2.05, 4.69) is 20.9 Å². The summed E-state index contributed by atoms with van der Waals surface area (Å²) in [6, 6.07) is 3.00. The molecule has 0 aliphatic heterocycles. The van der Waals surface area contributed by atoms with Gasteiger partial charge in [0.2, 0.25) is 0 Å². The van der Waals surface area contributed by atoms with Gasteiger partial charge in [0.1, 0.15) is 6.20 Å². The molecule has 0 aliphatic rings. The second-order valence-electron chi connectivity index (χ2n) is 1.65. The molecule has 0 bridgehead atoms. The third-order valence-corrected chi connectivity index (χ3v) is 1.45. The van der Waals surface area contributed by atoms with Gasteiger partial charge in [0.15, 0.2) is 0 Å². The average Bonchev–Trinajstić information content (AvgIpc) is 1.88. The van der Waals surface area contributed by atoms with E-state index in [9.17, 15) is 10.4 Å². The molecule has 0 aromatic carbocycles. The highest BCUT2D eigenvalue weighted by atomic mass is 79.9. The lowest BCUT2D eigenvalue weighted by Gasteiger charge is -2.08. The van der Waals surface area contributed by atoms with Crippen molar-refractivity contribution in [3.63, 3.8) is 0 Å². The van der Waals surface area contributed by atoms with Gasteiger partial charge in [0, 0.05) is 6.07 Å². The molecule has 0 radical (unpaired) electrons. The maximum Gasteiger partial charge on any atom is 0.280 e. The Morgan fingerprint density at radius 2 is 2.10 bits per heavy atom. The van der Waals surface area contributed by atoms with Gasteiger partial charge in [-0.3, -0.25) is 4.90 Å². The Labute approximate surface area is 65.1 Å². The normalized spacial score (nSPS) is 9.30. The van der Waals surface area contributed by atoms with E-state index in [0.717, 1.165) is 4.47 Å². The summed E-state index contributed by atoms with van der Waals surface area (Å²) in [6.45, 7) is 0. The van der Waals surface area contributed by atoms with Crippen LogP contribution in [-0.4, -0.2) is 4.98 Å². The summed E-state index contributed by atoms with van der Waals surface area (Å²) in [5, 5.41) is 20.1. The molecule has 0 spiro atoms. The lowest BCUT2D eigenvalue weighted by atomic mass is 10.5. The fourth-order valence-corrected chi connectivity index (χ4v) is 0.758. The van der Waals surface area contributed by atoms with E-state index in [1.807, 2.05) is 0 Å². The molecule has 54 valence electrons. The van der Waals surface area contributed by atoms with Crippen LogP contribution < -0.4 is 10.4 Å². The first-order valence-corrected chi connectivity index (χ1v) is 3.31. The number of aromatic nitrogens is 1. The van der Waals surface area contributed by atoms with Crippen LogP contribution in [0.25, 0.3) is 0 Å². The summed E-state index contributed by atoms with van der Waals surface area (Å²) in [5.74, 6) is 0. The van der Waals surface area contributed by atoms with Crippen molar-refractivity contribution in [3.8, 4) is 0 Å². The van der Waals surface area contributed by atoms with Crippen molar-refractivity contribution < 1.29 is 0 Å². The molecule has 0 aliphatic carbocycles. The monoisotopic (exact) mass is 203 g/mol. The number of hydrogen-bond donors (Lipinski definition) is 1. The zero-order valence-corrected chi connectivity index (χ0v) is 6.46. The number of nitrogens with one attached hydrogen (secondary N) is 1. The molecule has 0 saturated heterocycles. The first kappa shape index (κ1) is 7.14. The Balaban J connectivity index is 3.26. The van der Waals surface area contributed by atoms with Crippen LogP contribution in [0.1, 0.15) is 0 Å². The van der Waals surface area contributed by atoms with Crippen molar-refractivity contribution in [3.05, 3.63) is 38.7 Å². The maximum absolute atomic E-state index is 10.1. The smallest absolute Gasteiger partial charge is 0.280 e. The zero-order chi connectivity index (χ0) is 7.56. The van der Waals surface area contributed by atoms with Crippen LogP contribution >= 0.6 is 15.9 Å². The SMILES string of the molecule is [O-][N+]([O-])=c1ccc(Br)c[nH]1. The standard InChI is InChI=1S/C5H4BrN2O2/c6-4-1-2-5(7-3-4)8(9)10/h1-3,7H/q-1. The van der Waals surface area contributed by atoms with Gasteiger partial charge in [-0.1, -0.05) is 0 Å². The van der Waals surface area contributed by atoms with Gasteiger partial charge in [-0.15, -0.1) is 0 Å². The Kier molecular flexibility index (Phi) is 1.96. The van der Waals surface area contributed by atoms with Crippen molar-refractivity contribution in [2.24, 2.45) is 0 Å². The highest BCUT2D eigenvalue weighted by Crippen LogP contribution is 2.01. The summed E-state index contributed by atoms with van der Waals surface area (Å²) < 4.78 is 0.790. The molecule has 10 heavy (non-hydrogen) atoms. The van der Waals surface area contributed by atoms with Gasteiger partial charge in [0.05, 0.1) is 4.47 Å². The predicted molar refractivity (Wildman–Crippen MR) is 40.5 cm³/mol. The van der Waals surface area contributed by atoms with Crippen LogP contribution in [0.5, 0.6) is 0 Å². The van der Waals surface area contributed by atoms with Crippen LogP contribution in [0.15, 0.2) is 22.8 Å². The Morgan fingerprint density at radius 3 is 2.50 bits per heavy atom. The predicted octanol–water partition coefficient (Wildman–Crippen LogP) is 0.545. The molecular weight excluding hydrogens is 200 g/mol. The Morgan fingerprint density at radius 1 is 1.40 bits per heavy atom. The van der Waals surface area contributed by atoms with Gasteiger partial charge in [0.25, 0.3) is 5.49 Å². The molecule has 0 fully saturated rings. The van der Waals surface area contributed by atoms with E-state index in [4.69, 9.17) is 0 Å². The van der Waals surface area contributed by atoms with Crippen molar-refractivity contribution in [2.75, 3.05) is 0 Å². The lowest BCUT2D eigenvalue weighted by molar-refractivity contribution is 0.907. The summed E-state index contributed by atoms with van der Waals surface area (Å²) >= 11 is 3.14. The molecule has 0 saturated carbocycles. The second kappa shape index (κ2) is 2.74. The van der Waals surface area contributed by atoms with Crippen molar-refractivity contribution in [1.29, 1.82) is 0 Å². The number of aromatic amines is 1. The molecule has 1 aromatic heterocycles. The van der Waals surface area contributed by atoms with E-state index in [1.165, 1.54) is 12.3 Å². The Hall–Kier alpha value is -0.970. The summed E-state index contributed by atoms with van der Waals surface area (Å²) in [6.07, 6.45) is 1.51. The minimum absolute atomic E-state index is 0.0109. The van der Waals surface area contributed by atoms with E-state index >= 15 is 0 Å². The van der Waals surface area contributed by atoms with E-state index in [-0.39, 0.29) is 5.49 Å². The van der Waals surface area contributed by atoms with Crippen LogP contribution in [-0.2, 0) is 0 Å². The van der Waals surface area contributed by atoms with Gasteiger partial charge >= 0.3 is 0 Å². The van der Waals surface area contributed by atoms with Gasteiger partial charge in [-0.05, 0) is 22.0 Å². The zero-order valence-electron chi connectivity index (χ0n) is 4.87. The number of H-pyrrole nitrogens is 1. The fraction of sp³-hybridized carbons (Fsp3) is 0. The third kappa shape index (κ3) is 1.51. The Bertz CT molecular complexity index is 269. The topological polar surface area (TPSA) is 64.9 Å². The first-order chi connectivity index (χ1) is 4.70. The van der Waals surface area contributed by atoms with Gasteiger partial charge in [-0.25, -0.2) is 4.98 Å². The highest BCUT2D eigenvalue weighted by molar-refractivity contribution is 9.10. The number of nitrogens with zero attached hydrogens (tertiary/aromatic N) is 1. The molecule has 1 aromatic rings. The second-order valence-corrected chi connectivity index (χ2v) is 2.56.